The van der Waals surface area contributed by atoms with Gasteiger partial charge in [0.1, 0.15) is 57.8 Å². The van der Waals surface area contributed by atoms with Crippen LogP contribution in [0, 0.1) is 0 Å². The summed E-state index contributed by atoms with van der Waals surface area (Å²) >= 11 is 9.12. The van der Waals surface area contributed by atoms with Crippen molar-refractivity contribution in [1.29, 1.82) is 0 Å². The molecule has 5 unspecified atom stereocenters. The fourth-order valence-electron chi connectivity index (χ4n) is 16.4. The van der Waals surface area contributed by atoms with Crippen molar-refractivity contribution in [1.82, 2.24) is 60.1 Å². The second-order valence-corrected chi connectivity index (χ2v) is 48.4. The van der Waals surface area contributed by atoms with Crippen LogP contribution in [0.1, 0.15) is 203 Å². The Kier molecular flexibility index (Phi) is 35.8. The average molecular weight is 2130 g/mol. The van der Waals surface area contributed by atoms with Gasteiger partial charge in [-0.1, -0.05) is 91.0 Å². The molecule has 0 bridgehead atoms. The molecule has 5 atom stereocenters. The van der Waals surface area contributed by atoms with Crippen molar-refractivity contribution in [3.8, 4) is 64.6 Å². The van der Waals surface area contributed by atoms with Crippen LogP contribution in [-0.2, 0) is 78.2 Å². The molecule has 2 aliphatic carbocycles. The third-order valence-electron chi connectivity index (χ3n) is 23.9. The minimum atomic E-state index is -1.28. The molecule has 6 aliphatic rings. The average Bonchev–Trinajstić information content (AvgIpc) is 1.61. The van der Waals surface area contributed by atoms with Crippen LogP contribution in [0.4, 0.5) is 16.2 Å². The summed E-state index contributed by atoms with van der Waals surface area (Å²) in [5, 5.41) is 19.9. The largest absolute Gasteiger partial charge is 0.445 e. The summed E-state index contributed by atoms with van der Waals surface area (Å²) in [5.41, 5.74) is 45.6. The van der Waals surface area contributed by atoms with Crippen LogP contribution in [0.3, 0.4) is 0 Å². The Morgan fingerprint density at radius 1 is 0.462 bits per heavy atom. The van der Waals surface area contributed by atoms with E-state index in [1.807, 2.05) is 147 Å². The molecule has 39 heteroatoms. The summed E-state index contributed by atoms with van der Waals surface area (Å²) in [4.78, 5) is 79.9. The number of furan rings is 2. The molecule has 28 nitrogen and oxygen atoms in total. The summed E-state index contributed by atoms with van der Waals surface area (Å²) in [5.74, 6) is 3.10. The minimum absolute atomic E-state index is 0.172. The Labute approximate surface area is 868 Å². The van der Waals surface area contributed by atoms with E-state index in [9.17, 15) is 25.8 Å². The molecule has 0 fully saturated rings. The van der Waals surface area contributed by atoms with E-state index in [0.717, 1.165) is 282 Å². The van der Waals surface area contributed by atoms with Gasteiger partial charge >= 0.3 is 6.09 Å². The maximum atomic E-state index is 13.0. The molecule has 4 aliphatic heterocycles. The molecule has 0 spiro atoms. The number of allylic oxidation sites excluding steroid dienone is 6. The number of amides is 1. The van der Waals surface area contributed by atoms with E-state index in [0.29, 0.717) is 90.7 Å². The Bertz CT molecular complexity index is 7470. The van der Waals surface area contributed by atoms with Crippen LogP contribution in [0.15, 0.2) is 196 Å². The highest BCUT2D eigenvalue weighted by Crippen LogP contribution is 2.47. The lowest BCUT2D eigenvalue weighted by Gasteiger charge is -2.12. The predicted molar refractivity (Wildman–Crippen MR) is 596 cm³/mol. The number of pyridine rings is 5. The number of aromatic nitrogens is 10. The summed E-state index contributed by atoms with van der Waals surface area (Å²) in [7, 11) is -1.68. The topological polar surface area (TPSA) is 410 Å². The number of fused-ring (bicyclic) bond motifs is 5. The van der Waals surface area contributed by atoms with E-state index >= 15 is 0 Å². The highest BCUT2D eigenvalue weighted by molar-refractivity contribution is 7.89. The van der Waals surface area contributed by atoms with Gasteiger partial charge in [0.15, 0.2) is 5.09 Å². The lowest BCUT2D eigenvalue weighted by atomic mass is 9.96. The number of hydrogen-bond donors (Lipinski definition) is 4. The highest BCUT2D eigenvalue weighted by atomic mass is 32.2. The van der Waals surface area contributed by atoms with Crippen molar-refractivity contribution in [2.45, 2.75) is 186 Å². The van der Waals surface area contributed by atoms with Gasteiger partial charge in [0.2, 0.25) is 16.5 Å². The number of nitrogens with zero attached hydrogens (tertiary/aromatic N) is 15. The molecule has 0 radical (unpaired) electrons. The summed E-state index contributed by atoms with van der Waals surface area (Å²) in [6, 6.07) is 19.9. The molecular weight excluding hydrogens is 2010 g/mol. The van der Waals surface area contributed by atoms with Crippen molar-refractivity contribution in [3.63, 3.8) is 0 Å². The van der Waals surface area contributed by atoms with Gasteiger partial charge in [-0.3, -0.25) is 41.0 Å². The smallest absolute Gasteiger partial charge is 0.407 e. The van der Waals surface area contributed by atoms with Crippen LogP contribution in [-0.4, -0.2) is 161 Å². The number of ether oxygens (including phenoxy) is 1. The normalized spacial score (nSPS) is 15.1. The highest BCUT2D eigenvalue weighted by Gasteiger charge is 2.34. The minimum Gasteiger partial charge on any atom is -0.445 e. The zero-order chi connectivity index (χ0) is 100. The number of likely N-dealkylation sites (N-methyl/N-ethyl adjacent to an activating group) is 1. The number of benzene rings is 1. The number of alkyl carbamates (subject to hydrolysis) is 1. The lowest BCUT2D eigenvalue weighted by Crippen LogP contribution is -2.31. The van der Waals surface area contributed by atoms with Gasteiger partial charge in [-0.2, -0.15) is 0 Å². The monoisotopic (exact) mass is 2120 g/mol. The van der Waals surface area contributed by atoms with E-state index in [-0.39, 0.29) is 6.61 Å². The maximum Gasteiger partial charge on any atom is 0.407 e. The molecule has 744 valence electrons. The fraction of sp³-hybridized carbons (Fsp3) is 0.337. The SMILES string of the molecule is CCCCS(=O)C1=C(N)c2c(C3=CN=C(C)C3)cc(-c3nccs3)nc2C1.CCCCS(=O)C1=Cc2c(C3=CN=C(C)C3)cc(-c3nccs3)nc2C1.CCCCS(=O)c1cc2c(C3=CN=C(C)C3)cc(-c3nccs3)nc2o1.CCCCS(=O)c1oc2nc(-c3nccs3)cc(C3=CN=C(C)C3)c2c1N.CCCCS(=O)c1sc2nc(-c3nccs3)cc(-c3ccc(COC(=O)NCCN(C)C)cc3)c2c1N. The zero-order valence-corrected chi connectivity index (χ0v) is 90.5. The molecule has 1 amide bonds. The Morgan fingerprint density at radius 3 is 1.42 bits per heavy atom. The molecule has 0 saturated carbocycles. The number of thiophene rings is 1. The first-order chi connectivity index (χ1) is 69.3. The molecule has 143 heavy (non-hydrogen) atoms. The summed E-state index contributed by atoms with van der Waals surface area (Å²) in [6.45, 7) is 20.0. The molecule has 7 N–H and O–H groups in total. The van der Waals surface area contributed by atoms with Crippen molar-refractivity contribution < 1.29 is 39.4 Å². The molecular formula is C104H113N19O9S11. The van der Waals surface area contributed by atoms with Crippen LogP contribution in [0.5, 0.6) is 0 Å². The lowest BCUT2D eigenvalue weighted by molar-refractivity contribution is 0.139. The van der Waals surface area contributed by atoms with E-state index in [1.165, 1.54) is 50.9 Å². The number of carbonyl (C=O) groups is 1. The fourth-order valence-corrected chi connectivity index (χ4v) is 27.4. The van der Waals surface area contributed by atoms with E-state index in [1.54, 1.807) is 53.7 Å². The summed E-state index contributed by atoms with van der Waals surface area (Å²) in [6.07, 6.45) is 32.2. The molecule has 20 rings (SSSR count). The van der Waals surface area contributed by atoms with Gasteiger partial charge < -0.3 is 41.0 Å². The van der Waals surface area contributed by atoms with Gasteiger partial charge in [0.25, 0.3) is 0 Å². The Balaban J connectivity index is 0.000000129. The van der Waals surface area contributed by atoms with Crippen LogP contribution >= 0.6 is 68.0 Å². The predicted octanol–water partition coefficient (Wildman–Crippen LogP) is 24.1. The first-order valence-corrected chi connectivity index (χ1v) is 59.3. The Hall–Kier alpha value is -11.3. The molecule has 0 saturated heterocycles. The number of anilines is 2. The number of thiazole rings is 5. The first kappa shape index (κ1) is 104. The number of unbranched alkanes of at least 4 members (excludes halogenated alkanes) is 5. The summed E-state index contributed by atoms with van der Waals surface area (Å²) < 4.78 is 81.4. The Morgan fingerprint density at radius 2 is 0.909 bits per heavy atom. The third-order valence-corrected chi connectivity index (χ3v) is 36.6. The second kappa shape index (κ2) is 49.0. The van der Waals surface area contributed by atoms with Crippen molar-refractivity contribution in [2.24, 2.45) is 25.7 Å². The molecule has 1 aromatic carbocycles. The number of aliphatic imine (C=N–C) groups is 4. The van der Waals surface area contributed by atoms with Gasteiger partial charge in [0, 0.05) is 234 Å². The van der Waals surface area contributed by atoms with Crippen LogP contribution in [0.2, 0.25) is 0 Å². The number of rotatable bonds is 35. The third kappa shape index (κ3) is 25.3. The van der Waals surface area contributed by atoms with Crippen molar-refractivity contribution in [2.75, 3.05) is 67.4 Å². The van der Waals surface area contributed by atoms with E-state index in [2.05, 4.69) is 113 Å². The maximum absolute atomic E-state index is 13.0. The number of hydrogen-bond acceptors (Lipinski definition) is 33. The van der Waals surface area contributed by atoms with Gasteiger partial charge in [-0.25, -0.2) is 54.6 Å². The van der Waals surface area contributed by atoms with Gasteiger partial charge in [-0.15, -0.1) is 68.0 Å². The molecule has 17 heterocycles. The quantitative estimate of drug-likeness (QED) is 0.0286. The van der Waals surface area contributed by atoms with Crippen molar-refractivity contribution in [3.05, 3.63) is 203 Å². The van der Waals surface area contributed by atoms with E-state index in [4.69, 9.17) is 45.7 Å². The van der Waals surface area contributed by atoms with Crippen LogP contribution < -0.4 is 22.5 Å². The van der Waals surface area contributed by atoms with Gasteiger partial charge in [-0.05, 0) is 172 Å². The molecule has 14 aromatic rings. The number of carbonyl (C=O) groups excluding carboxylic acids is 1. The number of nitrogens with two attached hydrogens (primary N) is 3. The zero-order valence-electron chi connectivity index (χ0n) is 81.5. The van der Waals surface area contributed by atoms with Crippen LogP contribution in [0.25, 0.3) is 131 Å². The number of nitrogen functional groups attached to an aromatic ring is 2. The van der Waals surface area contributed by atoms with Gasteiger partial charge in [0.05, 0.1) is 88.4 Å². The van der Waals surface area contributed by atoms with Crippen molar-refractivity contribution >= 4 is 229 Å². The van der Waals surface area contributed by atoms with E-state index < -0.39 is 60.1 Å². The second-order valence-electron chi connectivity index (χ2n) is 35.0. The molecule has 13 aromatic heterocycles. The first-order valence-electron chi connectivity index (χ1n) is 47.5. The standard InChI is InChI=1S/C26H31N5O3S3.C20H22N4OS2.C20H21N3OS2.C19H20N4O2S2.C19H19N3O2S2/c1-4-5-14-37(33)25-22(27)21-19(15-20(30-24(21)36-25)23-28-11-13-35-23)18-8-6-17(7-9-18)16-34-26(32)29-10-12-31(2)3;1-3-4-7-27(25)17-10-15-18(19(17)21)14(13-8-12(2)23-11-13)9-16(24-15)20-22-5-6-26-20;1-3-4-7-26(24)15-9-17-16(14-8-13(2)22-12-14)11-19(23-18(17)10-15)20-21-5-6-25-20;1-3-4-7-27(24)19-16(20)15-13(12-8-11(2)22-10-12)9-14(23-17(15)25-19)18-21-5-6-26-18;1-3-4-7-26(23)17-10-15-14(13-8-12(2)21-11-13)9-16(22-18(15)24-17)19-20-5-6-25-19/h6-9,11,13,15H,4-5,10,12,14,16,27H2,1-3H3,(H,29,32);5-6,9,11H,3-4,7-8,10,21H2,1-2H3;5-6,9,11-12H,3-4,7-8,10H2,1-2H3;5-6,9-10H,3-4,7-8,20H2,1-2H3;5-6,9-11H,3-4,7-8H2,1-2H3. The number of nitrogens with one attached hydrogen (secondary N) is 1.